The van der Waals surface area contributed by atoms with Crippen molar-refractivity contribution in [3.8, 4) is 0 Å². The van der Waals surface area contributed by atoms with Crippen LogP contribution in [0.25, 0.3) is 0 Å². The van der Waals surface area contributed by atoms with Crippen LogP contribution in [0.4, 0.5) is 0 Å². The van der Waals surface area contributed by atoms with Gasteiger partial charge in [0.2, 0.25) is 0 Å². The quantitative estimate of drug-likeness (QED) is 0.842. The third-order valence-corrected chi connectivity index (χ3v) is 4.05. The van der Waals surface area contributed by atoms with Gasteiger partial charge in [-0.2, -0.15) is 5.10 Å². The van der Waals surface area contributed by atoms with Crippen molar-refractivity contribution >= 4 is 0 Å². The van der Waals surface area contributed by atoms with Gasteiger partial charge in [-0.15, -0.1) is 0 Å². The summed E-state index contributed by atoms with van der Waals surface area (Å²) in [5.41, 5.74) is 4.04. The number of hydrogen-bond acceptors (Lipinski definition) is 3. The second-order valence-corrected chi connectivity index (χ2v) is 5.62. The van der Waals surface area contributed by atoms with Crippen LogP contribution in [0.1, 0.15) is 35.7 Å². The van der Waals surface area contributed by atoms with Crippen LogP contribution < -0.4 is 0 Å². The van der Waals surface area contributed by atoms with Crippen LogP contribution in [0.2, 0.25) is 0 Å². The third kappa shape index (κ3) is 2.28. The van der Waals surface area contributed by atoms with Crippen molar-refractivity contribution in [2.24, 2.45) is 0 Å². The van der Waals surface area contributed by atoms with Crippen LogP contribution in [0.15, 0.2) is 30.6 Å². The van der Waals surface area contributed by atoms with Crippen molar-refractivity contribution in [3.05, 3.63) is 47.5 Å². The predicted octanol–water partition coefficient (Wildman–Crippen LogP) is 2.17. The minimum absolute atomic E-state index is 0.756. The zero-order valence-electron chi connectivity index (χ0n) is 11.0. The van der Waals surface area contributed by atoms with Crippen LogP contribution in [0.5, 0.6) is 0 Å². The Morgan fingerprint density at radius 2 is 2.00 bits per heavy atom. The van der Waals surface area contributed by atoms with Gasteiger partial charge in [-0.3, -0.25) is 14.6 Å². The summed E-state index contributed by atoms with van der Waals surface area (Å²) < 4.78 is 2.21. The smallest absolute Gasteiger partial charge is 0.0658 e. The largest absolute Gasteiger partial charge is 0.291 e. The molecule has 0 N–H and O–H groups in total. The molecule has 0 saturated heterocycles. The lowest BCUT2D eigenvalue weighted by atomic mass is 10.2. The molecular formula is C15H18N4. The van der Waals surface area contributed by atoms with E-state index in [1.807, 2.05) is 12.4 Å². The average Bonchev–Trinajstić information content (AvgIpc) is 3.20. The molecule has 4 rings (SSSR count). The first-order chi connectivity index (χ1) is 9.38. The van der Waals surface area contributed by atoms with Crippen molar-refractivity contribution in [3.63, 3.8) is 0 Å². The zero-order chi connectivity index (χ0) is 12.7. The fourth-order valence-electron chi connectivity index (χ4n) is 2.80. The van der Waals surface area contributed by atoms with Crippen LogP contribution in [-0.2, 0) is 19.6 Å². The Morgan fingerprint density at radius 3 is 2.79 bits per heavy atom. The summed E-state index contributed by atoms with van der Waals surface area (Å²) in [4.78, 5) is 6.56. The summed E-state index contributed by atoms with van der Waals surface area (Å²) >= 11 is 0. The van der Waals surface area contributed by atoms with Crippen molar-refractivity contribution < 1.29 is 0 Å². The molecule has 1 aliphatic carbocycles. The van der Waals surface area contributed by atoms with E-state index in [-0.39, 0.29) is 0 Å². The third-order valence-electron chi connectivity index (χ3n) is 4.05. The van der Waals surface area contributed by atoms with Crippen LogP contribution in [-0.4, -0.2) is 26.2 Å². The number of nitrogens with zero attached hydrogens (tertiary/aromatic N) is 4. The second kappa shape index (κ2) is 4.46. The van der Waals surface area contributed by atoms with Gasteiger partial charge in [-0.1, -0.05) is 0 Å². The molecule has 0 bridgehead atoms. The molecule has 4 nitrogen and oxygen atoms in total. The molecular weight excluding hydrogens is 236 g/mol. The van der Waals surface area contributed by atoms with E-state index in [1.54, 1.807) is 0 Å². The Hall–Kier alpha value is -1.68. The molecule has 1 fully saturated rings. The fraction of sp³-hybridized carbons (Fsp3) is 0.467. The van der Waals surface area contributed by atoms with Crippen LogP contribution >= 0.6 is 0 Å². The Bertz CT molecular complexity index is 571. The number of pyridine rings is 1. The Labute approximate surface area is 113 Å². The van der Waals surface area contributed by atoms with Crippen LogP contribution in [0.3, 0.4) is 0 Å². The fourth-order valence-corrected chi connectivity index (χ4v) is 2.80. The average molecular weight is 254 g/mol. The maximum absolute atomic E-state index is 4.73. The molecule has 0 spiro atoms. The molecule has 2 aromatic rings. The van der Waals surface area contributed by atoms with E-state index in [9.17, 15) is 0 Å². The van der Waals surface area contributed by atoms with Gasteiger partial charge in [0, 0.05) is 37.9 Å². The van der Waals surface area contributed by atoms with Gasteiger partial charge < -0.3 is 0 Å². The number of fused-ring (bicyclic) bond motifs is 1. The van der Waals surface area contributed by atoms with Gasteiger partial charge in [0.05, 0.1) is 17.9 Å². The Kier molecular flexibility index (Phi) is 2.62. The van der Waals surface area contributed by atoms with Gasteiger partial charge >= 0.3 is 0 Å². The lowest BCUT2D eigenvalue weighted by Crippen LogP contribution is -2.33. The monoisotopic (exact) mass is 254 g/mol. The lowest BCUT2D eigenvalue weighted by molar-refractivity contribution is 0.205. The predicted molar refractivity (Wildman–Crippen MR) is 72.6 cm³/mol. The van der Waals surface area contributed by atoms with E-state index in [1.165, 1.54) is 29.8 Å². The van der Waals surface area contributed by atoms with Crippen molar-refractivity contribution in [2.75, 3.05) is 6.54 Å². The highest BCUT2D eigenvalue weighted by molar-refractivity contribution is 5.20. The van der Waals surface area contributed by atoms with E-state index in [2.05, 4.69) is 32.8 Å². The number of aromatic nitrogens is 3. The van der Waals surface area contributed by atoms with Crippen molar-refractivity contribution in [1.82, 2.24) is 19.7 Å². The summed E-state index contributed by atoms with van der Waals surface area (Å²) in [6.07, 6.45) is 6.40. The van der Waals surface area contributed by atoms with E-state index in [0.29, 0.717) is 0 Å². The SMILES string of the molecule is c1cc(CN2CCn3nc(C4CC4)cc3C2)ccn1. The lowest BCUT2D eigenvalue weighted by Gasteiger charge is -2.27. The molecule has 98 valence electrons. The topological polar surface area (TPSA) is 34.0 Å². The van der Waals surface area contributed by atoms with E-state index < -0.39 is 0 Å². The molecule has 0 atom stereocenters. The number of hydrogen-bond donors (Lipinski definition) is 0. The molecule has 1 saturated carbocycles. The van der Waals surface area contributed by atoms with Gasteiger partial charge in [0.1, 0.15) is 0 Å². The maximum atomic E-state index is 4.73. The summed E-state index contributed by atoms with van der Waals surface area (Å²) in [6, 6.07) is 6.51. The summed E-state index contributed by atoms with van der Waals surface area (Å²) in [6.45, 7) is 4.13. The van der Waals surface area contributed by atoms with E-state index >= 15 is 0 Å². The van der Waals surface area contributed by atoms with Crippen molar-refractivity contribution in [1.29, 1.82) is 0 Å². The first kappa shape index (κ1) is 11.2. The van der Waals surface area contributed by atoms with Crippen LogP contribution in [0, 0.1) is 0 Å². The van der Waals surface area contributed by atoms with Gasteiger partial charge in [0.25, 0.3) is 0 Å². The highest BCUT2D eigenvalue weighted by Crippen LogP contribution is 2.39. The highest BCUT2D eigenvalue weighted by Gasteiger charge is 2.28. The molecule has 2 aliphatic rings. The Balaban J connectivity index is 1.49. The van der Waals surface area contributed by atoms with Gasteiger partial charge in [-0.25, -0.2) is 0 Å². The molecule has 0 radical (unpaired) electrons. The molecule has 2 aromatic heterocycles. The van der Waals surface area contributed by atoms with Gasteiger partial charge in [-0.05, 0) is 36.6 Å². The van der Waals surface area contributed by atoms with E-state index in [0.717, 1.165) is 32.1 Å². The Morgan fingerprint density at radius 1 is 1.16 bits per heavy atom. The molecule has 4 heteroatoms. The zero-order valence-corrected chi connectivity index (χ0v) is 11.0. The summed E-state index contributed by atoms with van der Waals surface area (Å²) in [7, 11) is 0. The van der Waals surface area contributed by atoms with Gasteiger partial charge in [0.15, 0.2) is 0 Å². The standard InChI is InChI=1S/C15H18N4/c1-2-13(1)15-9-14-11-18(7-8-19(14)17-15)10-12-3-5-16-6-4-12/h3-6,9,13H,1-2,7-8,10-11H2. The summed E-state index contributed by atoms with van der Waals surface area (Å²) in [5.74, 6) is 0.756. The van der Waals surface area contributed by atoms with Crippen molar-refractivity contribution in [2.45, 2.75) is 38.4 Å². The summed E-state index contributed by atoms with van der Waals surface area (Å²) in [5, 5.41) is 4.73. The normalized spacial score (nSPS) is 19.4. The molecule has 0 unspecified atom stereocenters. The highest BCUT2D eigenvalue weighted by atomic mass is 15.3. The minimum atomic E-state index is 0.756. The first-order valence-electron chi connectivity index (χ1n) is 7.06. The first-order valence-corrected chi connectivity index (χ1v) is 7.06. The second-order valence-electron chi connectivity index (χ2n) is 5.62. The molecule has 1 aliphatic heterocycles. The molecule has 0 amide bonds. The maximum Gasteiger partial charge on any atom is 0.0658 e. The number of rotatable bonds is 3. The molecule has 0 aromatic carbocycles. The van der Waals surface area contributed by atoms with E-state index in [4.69, 9.17) is 5.10 Å². The molecule has 3 heterocycles. The minimum Gasteiger partial charge on any atom is -0.291 e. The molecule has 19 heavy (non-hydrogen) atoms.